The van der Waals surface area contributed by atoms with E-state index in [0.29, 0.717) is 25.8 Å². The second-order valence-corrected chi connectivity index (χ2v) is 6.30. The molecule has 1 atom stereocenters. The number of aliphatic hydroxyl groups is 1. The first kappa shape index (κ1) is 16.2. The first-order valence-corrected chi connectivity index (χ1v) is 8.39. The van der Waals surface area contributed by atoms with Crippen molar-refractivity contribution in [3.8, 4) is 0 Å². The van der Waals surface area contributed by atoms with Crippen LogP contribution >= 0.6 is 0 Å². The van der Waals surface area contributed by atoms with Crippen molar-refractivity contribution in [1.82, 2.24) is 4.90 Å². The van der Waals surface area contributed by atoms with Gasteiger partial charge in [-0.1, -0.05) is 60.7 Å². The van der Waals surface area contributed by atoms with Crippen LogP contribution in [0.3, 0.4) is 0 Å². The summed E-state index contributed by atoms with van der Waals surface area (Å²) in [5.74, 6) is 0. The Balaban J connectivity index is 1.44. The lowest BCUT2D eigenvalue weighted by Crippen LogP contribution is -2.36. The van der Waals surface area contributed by atoms with Crippen molar-refractivity contribution in [2.24, 2.45) is 0 Å². The lowest BCUT2D eigenvalue weighted by molar-refractivity contribution is 0.00706. The molecule has 0 spiro atoms. The number of nitrogens with zero attached hydrogens (tertiary/aromatic N) is 1. The summed E-state index contributed by atoms with van der Waals surface area (Å²) in [6.07, 6.45) is 2.04. The SMILES string of the molecule is OC(COCc1ccccc1)CN(Cc1ccccc1)C1CC1. The highest BCUT2D eigenvalue weighted by atomic mass is 16.5. The van der Waals surface area contributed by atoms with Gasteiger partial charge in [-0.3, -0.25) is 4.90 Å². The van der Waals surface area contributed by atoms with E-state index in [1.165, 1.54) is 18.4 Å². The van der Waals surface area contributed by atoms with E-state index in [9.17, 15) is 5.11 Å². The van der Waals surface area contributed by atoms with Gasteiger partial charge >= 0.3 is 0 Å². The minimum Gasteiger partial charge on any atom is -0.389 e. The molecule has 1 N–H and O–H groups in total. The third kappa shape index (κ3) is 5.47. The van der Waals surface area contributed by atoms with Gasteiger partial charge in [-0.2, -0.15) is 0 Å². The number of ether oxygens (including phenoxy) is 1. The molecular formula is C20H25NO2. The molecule has 122 valence electrons. The van der Waals surface area contributed by atoms with Crippen molar-refractivity contribution in [3.63, 3.8) is 0 Å². The average Bonchev–Trinajstić information content (AvgIpc) is 3.41. The van der Waals surface area contributed by atoms with Crippen LogP contribution < -0.4 is 0 Å². The normalized spacial score (nSPS) is 15.7. The third-order valence-electron chi connectivity index (χ3n) is 4.16. The van der Waals surface area contributed by atoms with Gasteiger partial charge in [0.2, 0.25) is 0 Å². The highest BCUT2D eigenvalue weighted by Crippen LogP contribution is 2.28. The Hall–Kier alpha value is -1.68. The Morgan fingerprint density at radius 2 is 1.57 bits per heavy atom. The van der Waals surface area contributed by atoms with Gasteiger partial charge in [0.05, 0.1) is 19.3 Å². The van der Waals surface area contributed by atoms with E-state index in [-0.39, 0.29) is 0 Å². The molecule has 1 aliphatic rings. The van der Waals surface area contributed by atoms with Crippen molar-refractivity contribution in [2.75, 3.05) is 13.2 Å². The van der Waals surface area contributed by atoms with Crippen LogP contribution in [0.1, 0.15) is 24.0 Å². The van der Waals surface area contributed by atoms with Gasteiger partial charge in [-0.25, -0.2) is 0 Å². The van der Waals surface area contributed by atoms with Crippen LogP contribution in [0.4, 0.5) is 0 Å². The van der Waals surface area contributed by atoms with Crippen LogP contribution in [0.5, 0.6) is 0 Å². The number of rotatable bonds is 9. The quantitative estimate of drug-likeness (QED) is 0.772. The Morgan fingerprint density at radius 1 is 0.957 bits per heavy atom. The Bertz CT molecular complexity index is 569. The second-order valence-electron chi connectivity index (χ2n) is 6.30. The van der Waals surface area contributed by atoms with Gasteiger partial charge < -0.3 is 9.84 Å². The molecule has 3 rings (SSSR count). The molecule has 0 aliphatic heterocycles. The summed E-state index contributed by atoms with van der Waals surface area (Å²) < 4.78 is 5.66. The topological polar surface area (TPSA) is 32.7 Å². The monoisotopic (exact) mass is 311 g/mol. The molecule has 0 bridgehead atoms. The highest BCUT2D eigenvalue weighted by molar-refractivity contribution is 5.15. The van der Waals surface area contributed by atoms with Crippen molar-refractivity contribution in [2.45, 2.75) is 38.1 Å². The van der Waals surface area contributed by atoms with E-state index < -0.39 is 6.10 Å². The molecule has 0 amide bonds. The van der Waals surface area contributed by atoms with Gasteiger partial charge in [-0.15, -0.1) is 0 Å². The maximum Gasteiger partial charge on any atom is 0.0900 e. The predicted molar refractivity (Wildman–Crippen MR) is 92.0 cm³/mol. The number of aliphatic hydroxyl groups excluding tert-OH is 1. The molecule has 2 aromatic carbocycles. The largest absolute Gasteiger partial charge is 0.389 e. The molecule has 1 saturated carbocycles. The number of benzene rings is 2. The molecule has 1 fully saturated rings. The maximum absolute atomic E-state index is 10.3. The summed E-state index contributed by atoms with van der Waals surface area (Å²) in [7, 11) is 0. The van der Waals surface area contributed by atoms with Crippen LogP contribution in [0.2, 0.25) is 0 Å². The molecule has 0 radical (unpaired) electrons. The van der Waals surface area contributed by atoms with E-state index in [2.05, 4.69) is 29.2 Å². The third-order valence-corrected chi connectivity index (χ3v) is 4.16. The summed E-state index contributed by atoms with van der Waals surface area (Å²) in [5.41, 5.74) is 2.44. The van der Waals surface area contributed by atoms with Crippen LogP contribution in [0.25, 0.3) is 0 Å². The van der Waals surface area contributed by atoms with Crippen molar-refractivity contribution >= 4 is 0 Å². The molecule has 0 saturated heterocycles. The molecule has 0 aromatic heterocycles. The van der Waals surface area contributed by atoms with Gasteiger partial charge in [0.1, 0.15) is 0 Å². The average molecular weight is 311 g/mol. The van der Waals surface area contributed by atoms with Crippen molar-refractivity contribution < 1.29 is 9.84 Å². The van der Waals surface area contributed by atoms with E-state index in [1.807, 2.05) is 36.4 Å². The van der Waals surface area contributed by atoms with Crippen molar-refractivity contribution in [1.29, 1.82) is 0 Å². The lowest BCUT2D eigenvalue weighted by Gasteiger charge is -2.25. The second kappa shape index (κ2) is 8.25. The molecule has 0 heterocycles. The molecule has 3 heteroatoms. The Morgan fingerprint density at radius 3 is 2.17 bits per heavy atom. The van der Waals surface area contributed by atoms with Gasteiger partial charge in [0.25, 0.3) is 0 Å². The number of hydrogen-bond acceptors (Lipinski definition) is 3. The van der Waals surface area contributed by atoms with Crippen molar-refractivity contribution in [3.05, 3.63) is 71.8 Å². The minimum absolute atomic E-state index is 0.382. The van der Waals surface area contributed by atoms with Crippen LogP contribution in [-0.2, 0) is 17.9 Å². The summed E-state index contributed by atoms with van der Waals surface area (Å²) in [6.45, 7) is 2.52. The molecule has 3 nitrogen and oxygen atoms in total. The zero-order valence-corrected chi connectivity index (χ0v) is 13.5. The summed E-state index contributed by atoms with van der Waals surface area (Å²) in [4.78, 5) is 2.38. The van der Waals surface area contributed by atoms with Gasteiger partial charge in [-0.05, 0) is 24.0 Å². The molecular weight excluding hydrogens is 286 g/mol. The van der Waals surface area contributed by atoms with E-state index in [4.69, 9.17) is 4.74 Å². The van der Waals surface area contributed by atoms with Crippen LogP contribution in [-0.4, -0.2) is 35.3 Å². The zero-order chi connectivity index (χ0) is 15.9. The predicted octanol–water partition coefficient (Wildman–Crippen LogP) is 3.23. The molecule has 23 heavy (non-hydrogen) atoms. The highest BCUT2D eigenvalue weighted by Gasteiger charge is 2.30. The zero-order valence-electron chi connectivity index (χ0n) is 13.5. The Labute approximate surface area is 138 Å². The fraction of sp³-hybridized carbons (Fsp3) is 0.400. The molecule has 1 unspecified atom stereocenters. The first-order chi connectivity index (χ1) is 11.3. The summed E-state index contributed by atoms with van der Waals surface area (Å²) in [6, 6.07) is 21.2. The summed E-state index contributed by atoms with van der Waals surface area (Å²) in [5, 5.41) is 10.3. The molecule has 2 aromatic rings. The smallest absolute Gasteiger partial charge is 0.0900 e. The minimum atomic E-state index is -0.442. The lowest BCUT2D eigenvalue weighted by atomic mass is 10.2. The van der Waals surface area contributed by atoms with Gasteiger partial charge in [0, 0.05) is 19.1 Å². The number of hydrogen-bond donors (Lipinski definition) is 1. The first-order valence-electron chi connectivity index (χ1n) is 8.39. The van der Waals surface area contributed by atoms with Crippen LogP contribution in [0, 0.1) is 0 Å². The maximum atomic E-state index is 10.3. The van der Waals surface area contributed by atoms with Crippen LogP contribution in [0.15, 0.2) is 60.7 Å². The van der Waals surface area contributed by atoms with E-state index in [0.717, 1.165) is 12.1 Å². The van der Waals surface area contributed by atoms with E-state index in [1.54, 1.807) is 0 Å². The Kier molecular flexibility index (Phi) is 5.81. The van der Waals surface area contributed by atoms with E-state index >= 15 is 0 Å². The van der Waals surface area contributed by atoms with Gasteiger partial charge in [0.15, 0.2) is 0 Å². The summed E-state index contributed by atoms with van der Waals surface area (Å²) >= 11 is 0. The fourth-order valence-electron chi connectivity index (χ4n) is 2.81. The fourth-order valence-corrected chi connectivity index (χ4v) is 2.81. The standard InChI is InChI=1S/C20H25NO2/c22-20(16-23-15-18-9-5-2-6-10-18)14-21(19-11-12-19)13-17-7-3-1-4-8-17/h1-10,19-20,22H,11-16H2. The molecule has 1 aliphatic carbocycles.